The third kappa shape index (κ3) is 7.29. The molecule has 1 atom stereocenters. The molecule has 0 aliphatic carbocycles. The van der Waals surface area contributed by atoms with Crippen LogP contribution in [0.3, 0.4) is 0 Å². The molecule has 15 heteroatoms. The van der Waals surface area contributed by atoms with Gasteiger partial charge in [-0.3, -0.25) is 14.2 Å². The summed E-state index contributed by atoms with van der Waals surface area (Å²) in [6, 6.07) is 9.57. The second-order valence-electron chi connectivity index (χ2n) is 7.89. The minimum absolute atomic E-state index is 0.0316. The molecule has 0 radical (unpaired) electrons. The Kier molecular flexibility index (Phi) is 8.49. The van der Waals surface area contributed by atoms with E-state index in [1.807, 2.05) is 0 Å². The Bertz CT molecular complexity index is 1360. The normalized spacial score (nSPS) is 15.7. The van der Waals surface area contributed by atoms with Crippen molar-refractivity contribution in [1.29, 1.82) is 0 Å². The van der Waals surface area contributed by atoms with E-state index in [1.165, 1.54) is 30.3 Å². The van der Waals surface area contributed by atoms with Crippen LogP contribution in [-0.4, -0.2) is 54.6 Å². The van der Waals surface area contributed by atoms with E-state index in [0.29, 0.717) is 13.2 Å². The summed E-state index contributed by atoms with van der Waals surface area (Å²) in [5, 5.41) is 5.81. The SMILES string of the molecule is O=C(COC(=O)c1cc(NS(=O)(=O)c2cccs2)cc(NS(=O)(=O)c2cccs2)c1)NCC1CCCO1. The lowest BCUT2D eigenvalue weighted by Gasteiger charge is -2.13. The number of amides is 1. The number of thiophene rings is 2. The van der Waals surface area contributed by atoms with Crippen LogP contribution in [0.25, 0.3) is 0 Å². The highest BCUT2D eigenvalue weighted by atomic mass is 32.3. The van der Waals surface area contributed by atoms with Crippen LogP contribution >= 0.6 is 22.7 Å². The van der Waals surface area contributed by atoms with E-state index in [2.05, 4.69) is 14.8 Å². The first-order valence-electron chi connectivity index (χ1n) is 11.0. The number of anilines is 2. The zero-order chi connectivity index (χ0) is 26.5. The maximum Gasteiger partial charge on any atom is 0.338 e. The molecule has 0 bridgehead atoms. The van der Waals surface area contributed by atoms with Crippen molar-refractivity contribution in [2.45, 2.75) is 27.4 Å². The molecule has 3 N–H and O–H groups in total. The van der Waals surface area contributed by atoms with E-state index in [0.717, 1.165) is 35.5 Å². The van der Waals surface area contributed by atoms with Crippen LogP contribution in [0.5, 0.6) is 0 Å². The van der Waals surface area contributed by atoms with Gasteiger partial charge in [0.05, 0.1) is 23.0 Å². The molecule has 1 aromatic carbocycles. The predicted molar refractivity (Wildman–Crippen MR) is 139 cm³/mol. The van der Waals surface area contributed by atoms with E-state index in [9.17, 15) is 26.4 Å². The van der Waals surface area contributed by atoms with Gasteiger partial charge in [0.1, 0.15) is 8.42 Å². The molecule has 0 saturated carbocycles. The van der Waals surface area contributed by atoms with Gasteiger partial charge in [-0.15, -0.1) is 22.7 Å². The third-order valence-electron chi connectivity index (χ3n) is 5.08. The number of hydrogen-bond acceptors (Lipinski definition) is 10. The number of benzene rings is 1. The van der Waals surface area contributed by atoms with Crippen LogP contribution in [0, 0.1) is 0 Å². The largest absolute Gasteiger partial charge is 0.452 e. The van der Waals surface area contributed by atoms with E-state index in [1.54, 1.807) is 22.9 Å². The molecule has 1 amide bonds. The van der Waals surface area contributed by atoms with Crippen molar-refractivity contribution in [2.24, 2.45) is 0 Å². The summed E-state index contributed by atoms with van der Waals surface area (Å²) >= 11 is 1.98. The summed E-state index contributed by atoms with van der Waals surface area (Å²) in [5.41, 5.74) is -0.314. The van der Waals surface area contributed by atoms with Gasteiger partial charge in [0.2, 0.25) is 0 Å². The molecular formula is C22H23N3O8S4. The van der Waals surface area contributed by atoms with Crippen molar-refractivity contribution in [1.82, 2.24) is 5.32 Å². The lowest BCUT2D eigenvalue weighted by Crippen LogP contribution is -2.34. The summed E-state index contributed by atoms with van der Waals surface area (Å²) in [6.45, 7) is 0.360. The lowest BCUT2D eigenvalue weighted by atomic mass is 10.2. The van der Waals surface area contributed by atoms with Crippen LogP contribution in [0.4, 0.5) is 11.4 Å². The molecular weight excluding hydrogens is 563 g/mol. The number of sulfonamides is 2. The molecule has 0 spiro atoms. The molecule has 1 aliphatic rings. The first kappa shape index (κ1) is 27.1. The Labute approximate surface area is 221 Å². The van der Waals surface area contributed by atoms with Crippen molar-refractivity contribution >= 4 is 66.0 Å². The second-order valence-corrected chi connectivity index (χ2v) is 13.6. The smallest absolute Gasteiger partial charge is 0.338 e. The molecule has 1 saturated heterocycles. The summed E-state index contributed by atoms with van der Waals surface area (Å²) in [6.07, 6.45) is 1.67. The number of carbonyl (C=O) groups excluding carboxylic acids is 2. The van der Waals surface area contributed by atoms with E-state index in [-0.39, 0.29) is 31.5 Å². The molecule has 37 heavy (non-hydrogen) atoms. The number of esters is 1. The second kappa shape index (κ2) is 11.6. The van der Waals surface area contributed by atoms with Crippen LogP contribution in [0.1, 0.15) is 23.2 Å². The topological polar surface area (TPSA) is 157 Å². The van der Waals surface area contributed by atoms with Crippen molar-refractivity contribution in [3.8, 4) is 0 Å². The highest BCUT2D eigenvalue weighted by Gasteiger charge is 2.21. The Balaban J connectivity index is 1.52. The highest BCUT2D eigenvalue weighted by molar-refractivity contribution is 7.95. The fourth-order valence-electron chi connectivity index (χ4n) is 3.41. The fraction of sp³-hybridized carbons (Fsp3) is 0.273. The molecule has 3 aromatic rings. The maximum absolute atomic E-state index is 12.7. The van der Waals surface area contributed by atoms with E-state index < -0.39 is 38.5 Å². The van der Waals surface area contributed by atoms with Crippen LogP contribution in [-0.2, 0) is 34.3 Å². The van der Waals surface area contributed by atoms with Crippen molar-refractivity contribution in [3.63, 3.8) is 0 Å². The Morgan fingerprint density at radius 3 is 2.03 bits per heavy atom. The van der Waals surface area contributed by atoms with Crippen LogP contribution < -0.4 is 14.8 Å². The van der Waals surface area contributed by atoms with Gasteiger partial charge >= 0.3 is 5.97 Å². The van der Waals surface area contributed by atoms with Gasteiger partial charge in [0.15, 0.2) is 6.61 Å². The Morgan fingerprint density at radius 1 is 0.946 bits per heavy atom. The van der Waals surface area contributed by atoms with E-state index in [4.69, 9.17) is 9.47 Å². The monoisotopic (exact) mass is 585 g/mol. The van der Waals surface area contributed by atoms with Crippen LogP contribution in [0.2, 0.25) is 0 Å². The summed E-state index contributed by atoms with van der Waals surface area (Å²) in [5.74, 6) is -1.47. The van der Waals surface area contributed by atoms with Crippen LogP contribution in [0.15, 0.2) is 61.6 Å². The molecule has 1 unspecified atom stereocenters. The molecule has 2 aromatic heterocycles. The predicted octanol–water partition coefficient (Wildman–Crippen LogP) is 2.86. The lowest BCUT2D eigenvalue weighted by molar-refractivity contribution is -0.124. The molecule has 1 fully saturated rings. The average molecular weight is 586 g/mol. The minimum atomic E-state index is -3.99. The molecule has 198 valence electrons. The van der Waals surface area contributed by atoms with Crippen molar-refractivity contribution < 1.29 is 35.9 Å². The van der Waals surface area contributed by atoms with Crippen molar-refractivity contribution in [3.05, 3.63) is 58.8 Å². The molecule has 3 heterocycles. The number of rotatable bonds is 11. The highest BCUT2D eigenvalue weighted by Crippen LogP contribution is 2.27. The standard InChI is InChI=1S/C22H23N3O8S4/c26-19(23-13-18-4-1-7-32-18)14-33-22(27)15-10-16(24-36(28,29)20-5-2-8-34-20)12-17(11-15)25-37(30,31)21-6-3-9-35-21/h2-3,5-6,8-12,18,24-25H,1,4,7,13-14H2,(H,23,26). The first-order chi connectivity index (χ1) is 17.6. The average Bonchev–Trinajstić information content (AvgIpc) is 3.64. The van der Waals surface area contributed by atoms with Gasteiger partial charge in [-0.05, 0) is 53.9 Å². The summed E-state index contributed by atoms with van der Waals surface area (Å²) in [7, 11) is -7.98. The Hall–Kier alpha value is -2.98. The fourth-order valence-corrected chi connectivity index (χ4v) is 7.47. The third-order valence-corrected chi connectivity index (χ3v) is 10.6. The van der Waals surface area contributed by atoms with Gasteiger partial charge < -0.3 is 14.8 Å². The first-order valence-corrected chi connectivity index (χ1v) is 15.7. The number of ether oxygens (including phenoxy) is 2. The number of hydrogen-bond donors (Lipinski definition) is 3. The van der Waals surface area contributed by atoms with E-state index >= 15 is 0 Å². The van der Waals surface area contributed by atoms with Crippen molar-refractivity contribution in [2.75, 3.05) is 29.2 Å². The van der Waals surface area contributed by atoms with Gasteiger partial charge in [-0.25, -0.2) is 21.6 Å². The molecule has 4 rings (SSSR count). The minimum Gasteiger partial charge on any atom is -0.452 e. The Morgan fingerprint density at radius 2 is 1.54 bits per heavy atom. The molecule has 11 nitrogen and oxygen atoms in total. The maximum atomic E-state index is 12.7. The summed E-state index contributed by atoms with van der Waals surface area (Å²) < 4.78 is 66.1. The summed E-state index contributed by atoms with van der Waals surface area (Å²) in [4.78, 5) is 24.8. The number of nitrogens with one attached hydrogen (secondary N) is 3. The van der Waals surface area contributed by atoms with Gasteiger partial charge in [-0.1, -0.05) is 12.1 Å². The van der Waals surface area contributed by atoms with Gasteiger partial charge in [0.25, 0.3) is 26.0 Å². The quantitative estimate of drug-likeness (QED) is 0.290. The molecule has 1 aliphatic heterocycles. The zero-order valence-corrected chi connectivity index (χ0v) is 22.5. The zero-order valence-electron chi connectivity index (χ0n) is 19.2. The van der Waals surface area contributed by atoms with Gasteiger partial charge in [-0.2, -0.15) is 0 Å². The van der Waals surface area contributed by atoms with Gasteiger partial charge in [0, 0.05) is 13.2 Å². The number of carbonyl (C=O) groups is 2.